The Morgan fingerprint density at radius 2 is 2.00 bits per heavy atom. The van der Waals surface area contributed by atoms with Crippen LogP contribution in [0.3, 0.4) is 0 Å². The number of hydrogen-bond donors (Lipinski definition) is 3. The molecule has 13 nitrogen and oxygen atoms in total. The van der Waals surface area contributed by atoms with E-state index >= 15 is 4.39 Å². The van der Waals surface area contributed by atoms with Crippen LogP contribution >= 0.6 is 0 Å². The number of benzene rings is 1. The molecule has 0 radical (unpaired) electrons. The highest BCUT2D eigenvalue weighted by molar-refractivity contribution is 5.91. The highest BCUT2D eigenvalue weighted by atomic mass is 19.1. The molecule has 3 heterocycles. The smallest absolute Gasteiger partial charge is 0.414 e. The molecule has 1 aromatic heterocycles. The molecule has 4 rings (SSSR count). The summed E-state index contributed by atoms with van der Waals surface area (Å²) in [7, 11) is 0. The predicted molar refractivity (Wildman–Crippen MR) is 130 cm³/mol. The van der Waals surface area contributed by atoms with Crippen molar-refractivity contribution in [3.63, 3.8) is 0 Å². The van der Waals surface area contributed by atoms with Crippen LogP contribution in [0.4, 0.5) is 19.9 Å². The van der Waals surface area contributed by atoms with Gasteiger partial charge in [0.15, 0.2) is 5.96 Å². The molecule has 196 valence electrons. The maximum atomic E-state index is 15.0. The number of anilines is 1. The minimum atomic E-state index is -0.944. The number of hydrogen-bond acceptors (Lipinski definition) is 10. The first-order chi connectivity index (χ1) is 17.9. The van der Waals surface area contributed by atoms with Crippen LogP contribution in [-0.4, -0.2) is 78.1 Å². The summed E-state index contributed by atoms with van der Waals surface area (Å²) in [5.41, 5.74) is 6.90. The zero-order valence-corrected chi connectivity index (χ0v) is 20.0. The molecule has 0 saturated carbocycles. The third-order valence-electron chi connectivity index (χ3n) is 5.74. The Hall–Kier alpha value is -4.49. The number of aromatic nitrogens is 2. The number of nitrogens with two attached hydrogens (primary N) is 1. The van der Waals surface area contributed by atoms with E-state index in [4.69, 9.17) is 25.5 Å². The van der Waals surface area contributed by atoms with Crippen LogP contribution in [0.5, 0.6) is 0 Å². The second-order valence-corrected chi connectivity index (χ2v) is 8.24. The van der Waals surface area contributed by atoms with Crippen molar-refractivity contribution in [2.75, 3.05) is 44.3 Å². The molecule has 1 aromatic carbocycles. The number of piperidine rings is 1. The maximum absolute atomic E-state index is 15.0. The molecule has 2 aromatic rings. The maximum Gasteiger partial charge on any atom is 0.414 e. The van der Waals surface area contributed by atoms with Crippen LogP contribution in [0.15, 0.2) is 35.7 Å². The number of cyclic esters (lactones) is 1. The molecule has 0 bridgehead atoms. The molecule has 2 fully saturated rings. The summed E-state index contributed by atoms with van der Waals surface area (Å²) in [4.78, 5) is 40.7. The fourth-order valence-corrected chi connectivity index (χ4v) is 3.80. The van der Waals surface area contributed by atoms with Crippen molar-refractivity contribution in [3.05, 3.63) is 42.0 Å². The molecule has 14 heteroatoms. The quantitative estimate of drug-likeness (QED) is 0.206. The first-order valence-corrected chi connectivity index (χ1v) is 11.6. The van der Waals surface area contributed by atoms with Gasteiger partial charge in [0.2, 0.25) is 5.95 Å². The Morgan fingerprint density at radius 3 is 2.68 bits per heavy atom. The third-order valence-corrected chi connectivity index (χ3v) is 5.74. The van der Waals surface area contributed by atoms with Gasteiger partial charge in [0.1, 0.15) is 25.6 Å². The van der Waals surface area contributed by atoms with E-state index in [1.807, 2.05) is 10.2 Å². The lowest BCUT2D eigenvalue weighted by molar-refractivity contribution is 0.114. The Bertz CT molecular complexity index is 1170. The molecule has 37 heavy (non-hydrogen) atoms. The highest BCUT2D eigenvalue weighted by Gasteiger charge is 2.22. The van der Waals surface area contributed by atoms with Crippen molar-refractivity contribution in [1.82, 2.24) is 20.2 Å². The van der Waals surface area contributed by atoms with E-state index in [2.05, 4.69) is 15.1 Å². The Balaban J connectivity index is 1.28. The first kappa shape index (κ1) is 25.6. The third kappa shape index (κ3) is 6.80. The number of rotatable bonds is 8. The molecular formula is C23H27FN8O5. The molecule has 4 N–H and O–H groups in total. The van der Waals surface area contributed by atoms with Crippen molar-refractivity contribution >= 4 is 29.8 Å². The number of oxime groups is 1. The van der Waals surface area contributed by atoms with Gasteiger partial charge in [0.25, 0.3) is 0 Å². The Morgan fingerprint density at radius 1 is 1.24 bits per heavy atom. The minimum Gasteiger partial charge on any atom is -0.448 e. The van der Waals surface area contributed by atoms with Gasteiger partial charge in [0.05, 0.1) is 18.8 Å². The van der Waals surface area contributed by atoms with Crippen molar-refractivity contribution < 1.29 is 28.3 Å². The van der Waals surface area contributed by atoms with Gasteiger partial charge >= 0.3 is 12.2 Å². The lowest BCUT2D eigenvalue weighted by Crippen LogP contribution is -2.36. The normalized spacial score (nSPS) is 15.3. The van der Waals surface area contributed by atoms with E-state index in [9.17, 15) is 9.59 Å². The molecule has 2 saturated heterocycles. The van der Waals surface area contributed by atoms with Gasteiger partial charge in [-0.2, -0.15) is 0 Å². The average molecular weight is 515 g/mol. The summed E-state index contributed by atoms with van der Waals surface area (Å²) in [6, 6.07) is 4.72. The van der Waals surface area contributed by atoms with Crippen LogP contribution in [0.25, 0.3) is 11.1 Å². The van der Waals surface area contributed by atoms with Crippen LogP contribution in [0, 0.1) is 11.2 Å². The molecule has 0 atom stereocenters. The van der Waals surface area contributed by atoms with E-state index in [1.54, 1.807) is 29.4 Å². The zero-order valence-electron chi connectivity index (χ0n) is 20.0. The SMILES string of the molecule is N=C(N)NC(=O)OCc1cccc(-c2cnc(N3CCC(=NOCCN4CCOC4=O)CC3)nc2)c1F. The number of carbonyl (C=O) groups excluding carboxylic acids is 2. The van der Waals surface area contributed by atoms with Crippen LogP contribution < -0.4 is 16.0 Å². The van der Waals surface area contributed by atoms with E-state index in [0.29, 0.717) is 63.7 Å². The number of nitrogens with zero attached hydrogens (tertiary/aromatic N) is 5. The summed E-state index contributed by atoms with van der Waals surface area (Å²) in [5, 5.41) is 13.2. The van der Waals surface area contributed by atoms with E-state index in [0.717, 1.165) is 5.71 Å². The number of guanidine groups is 1. The predicted octanol–water partition coefficient (Wildman–Crippen LogP) is 1.83. The summed E-state index contributed by atoms with van der Waals surface area (Å²) in [5.74, 6) is -0.600. The lowest BCUT2D eigenvalue weighted by atomic mass is 10.1. The van der Waals surface area contributed by atoms with Gasteiger partial charge in [-0.1, -0.05) is 23.4 Å². The van der Waals surface area contributed by atoms with Gasteiger partial charge < -0.3 is 29.8 Å². The van der Waals surface area contributed by atoms with Crippen LogP contribution in [0.1, 0.15) is 18.4 Å². The number of amides is 2. The van der Waals surface area contributed by atoms with Crippen LogP contribution in [-0.2, 0) is 20.9 Å². The Labute approximate surface area is 211 Å². The number of halogens is 1. The molecule has 0 unspecified atom stereocenters. The van der Waals surface area contributed by atoms with Gasteiger partial charge in [-0.05, 0) is 0 Å². The number of ether oxygens (including phenoxy) is 2. The van der Waals surface area contributed by atoms with E-state index in [-0.39, 0.29) is 23.8 Å². The van der Waals surface area contributed by atoms with Gasteiger partial charge in [0, 0.05) is 55.0 Å². The molecule has 2 aliphatic rings. The van der Waals surface area contributed by atoms with Crippen molar-refractivity contribution in [2.24, 2.45) is 10.9 Å². The minimum absolute atomic E-state index is 0.158. The second kappa shape index (κ2) is 12.0. The summed E-state index contributed by atoms with van der Waals surface area (Å²) >= 11 is 0. The van der Waals surface area contributed by atoms with Crippen molar-refractivity contribution in [3.8, 4) is 11.1 Å². The van der Waals surface area contributed by atoms with Crippen molar-refractivity contribution in [2.45, 2.75) is 19.4 Å². The topological polar surface area (TPSA) is 168 Å². The largest absolute Gasteiger partial charge is 0.448 e. The first-order valence-electron chi connectivity index (χ1n) is 11.6. The molecule has 2 aliphatic heterocycles. The second-order valence-electron chi connectivity index (χ2n) is 8.24. The van der Waals surface area contributed by atoms with Crippen LogP contribution in [0.2, 0.25) is 0 Å². The van der Waals surface area contributed by atoms with Gasteiger partial charge in [-0.25, -0.2) is 23.9 Å². The highest BCUT2D eigenvalue weighted by Crippen LogP contribution is 2.26. The lowest BCUT2D eigenvalue weighted by Gasteiger charge is -2.27. The Kier molecular flexibility index (Phi) is 8.28. The van der Waals surface area contributed by atoms with Gasteiger partial charge in [-0.15, -0.1) is 0 Å². The van der Waals surface area contributed by atoms with Gasteiger partial charge in [-0.3, -0.25) is 10.7 Å². The number of nitrogens with one attached hydrogen (secondary N) is 2. The van der Waals surface area contributed by atoms with E-state index < -0.39 is 17.9 Å². The fraction of sp³-hybridized carbons (Fsp3) is 0.391. The number of carbonyl (C=O) groups is 2. The molecule has 2 amide bonds. The molecular weight excluding hydrogens is 487 g/mol. The van der Waals surface area contributed by atoms with E-state index in [1.165, 1.54) is 6.07 Å². The summed E-state index contributed by atoms with van der Waals surface area (Å²) < 4.78 is 24.8. The zero-order chi connectivity index (χ0) is 26.2. The number of alkyl carbamates (subject to hydrolysis) is 1. The molecule has 0 spiro atoms. The summed E-state index contributed by atoms with van der Waals surface area (Å²) in [6.45, 7) is 2.71. The summed E-state index contributed by atoms with van der Waals surface area (Å²) in [6.07, 6.45) is 3.19. The van der Waals surface area contributed by atoms with Crippen molar-refractivity contribution in [1.29, 1.82) is 5.41 Å². The molecule has 0 aliphatic carbocycles. The monoisotopic (exact) mass is 514 g/mol. The standard InChI is InChI=1S/C23H27FN8O5/c24-19-15(14-36-22(33)29-20(25)26)2-1-3-18(19)16-12-27-21(28-13-16)31-6-4-17(5-7-31)30-37-11-9-32-8-10-35-23(32)34/h1-3,12-13H,4-11,14H2,(H4,25,26,29,33). The fourth-order valence-electron chi connectivity index (χ4n) is 3.80. The average Bonchev–Trinajstić information content (AvgIpc) is 3.30.